The minimum absolute atomic E-state index is 0.0269. The van der Waals surface area contributed by atoms with Gasteiger partial charge in [-0.15, -0.1) is 0 Å². The van der Waals surface area contributed by atoms with E-state index in [-0.39, 0.29) is 23.3 Å². The predicted octanol–water partition coefficient (Wildman–Crippen LogP) is 5.19. The molecule has 1 amide bonds. The van der Waals surface area contributed by atoms with Crippen LogP contribution in [0.4, 0.5) is 17.6 Å². The molecule has 0 spiro atoms. The van der Waals surface area contributed by atoms with E-state index in [0.717, 1.165) is 38.5 Å². The number of benzene rings is 2. The SMILES string of the molecule is O=C(c1cccc(F)c1)N1CC(CN2CCCCC2)C(c2cccc(C(F)(F)F)c2)C1. The van der Waals surface area contributed by atoms with E-state index >= 15 is 0 Å². The number of rotatable bonds is 4. The molecule has 7 heteroatoms. The molecule has 2 unspecified atom stereocenters. The summed E-state index contributed by atoms with van der Waals surface area (Å²) >= 11 is 0. The van der Waals surface area contributed by atoms with Gasteiger partial charge >= 0.3 is 6.18 Å². The molecule has 2 aliphatic heterocycles. The number of halogens is 4. The first kappa shape index (κ1) is 21.8. The number of likely N-dealkylation sites (tertiary alicyclic amines) is 2. The Morgan fingerprint density at radius 1 is 0.968 bits per heavy atom. The Kier molecular flexibility index (Phi) is 6.32. The molecule has 3 nitrogen and oxygen atoms in total. The van der Waals surface area contributed by atoms with E-state index in [1.807, 2.05) is 0 Å². The van der Waals surface area contributed by atoms with Gasteiger partial charge in [-0.3, -0.25) is 4.79 Å². The molecular formula is C24H26F4N2O. The first-order valence-electron chi connectivity index (χ1n) is 10.8. The van der Waals surface area contributed by atoms with Gasteiger partial charge in [0.25, 0.3) is 5.91 Å². The van der Waals surface area contributed by atoms with Gasteiger partial charge in [0.1, 0.15) is 5.82 Å². The Balaban J connectivity index is 1.59. The molecule has 2 atom stereocenters. The third-order valence-corrected chi connectivity index (χ3v) is 6.38. The number of hydrogen-bond acceptors (Lipinski definition) is 2. The second-order valence-electron chi connectivity index (χ2n) is 8.57. The van der Waals surface area contributed by atoms with Crippen molar-refractivity contribution in [1.29, 1.82) is 0 Å². The van der Waals surface area contributed by atoms with E-state index in [2.05, 4.69) is 4.90 Å². The summed E-state index contributed by atoms with van der Waals surface area (Å²) < 4.78 is 53.5. The average molecular weight is 434 g/mol. The number of amides is 1. The fourth-order valence-corrected chi connectivity index (χ4v) is 4.82. The van der Waals surface area contributed by atoms with Gasteiger partial charge in [-0.25, -0.2) is 4.39 Å². The second kappa shape index (κ2) is 8.99. The number of nitrogens with zero attached hydrogens (tertiary/aromatic N) is 2. The normalized spacial score (nSPS) is 22.6. The van der Waals surface area contributed by atoms with Crippen molar-refractivity contribution in [3.8, 4) is 0 Å². The molecule has 0 saturated carbocycles. The topological polar surface area (TPSA) is 23.6 Å². The van der Waals surface area contributed by atoms with Crippen molar-refractivity contribution < 1.29 is 22.4 Å². The van der Waals surface area contributed by atoms with Gasteiger partial charge in [-0.05, 0) is 61.7 Å². The molecule has 2 aromatic rings. The van der Waals surface area contributed by atoms with Gasteiger partial charge in [-0.1, -0.05) is 30.7 Å². The maximum atomic E-state index is 13.6. The summed E-state index contributed by atoms with van der Waals surface area (Å²) in [6.07, 6.45) is -0.976. The predicted molar refractivity (Wildman–Crippen MR) is 110 cm³/mol. The summed E-state index contributed by atoms with van der Waals surface area (Å²) in [4.78, 5) is 17.0. The molecule has 2 saturated heterocycles. The van der Waals surface area contributed by atoms with Crippen molar-refractivity contribution in [2.24, 2.45) is 5.92 Å². The summed E-state index contributed by atoms with van der Waals surface area (Å²) in [7, 11) is 0. The Labute approximate surface area is 179 Å². The number of carbonyl (C=O) groups excluding carboxylic acids is 1. The Morgan fingerprint density at radius 2 is 1.71 bits per heavy atom. The lowest BCUT2D eigenvalue weighted by Gasteiger charge is -2.31. The third-order valence-electron chi connectivity index (χ3n) is 6.38. The zero-order valence-electron chi connectivity index (χ0n) is 17.2. The molecule has 2 fully saturated rings. The number of carbonyl (C=O) groups is 1. The lowest BCUT2D eigenvalue weighted by Crippen LogP contribution is -2.36. The Hall–Kier alpha value is -2.41. The van der Waals surface area contributed by atoms with Crippen molar-refractivity contribution in [2.75, 3.05) is 32.7 Å². The van der Waals surface area contributed by atoms with Crippen LogP contribution in [0, 0.1) is 11.7 Å². The molecule has 0 N–H and O–H groups in total. The lowest BCUT2D eigenvalue weighted by atomic mass is 9.87. The average Bonchev–Trinajstić information content (AvgIpc) is 3.17. The zero-order chi connectivity index (χ0) is 22.0. The van der Waals surface area contributed by atoms with E-state index in [9.17, 15) is 22.4 Å². The molecule has 0 bridgehead atoms. The van der Waals surface area contributed by atoms with Crippen LogP contribution in [-0.2, 0) is 6.18 Å². The summed E-state index contributed by atoms with van der Waals surface area (Å²) in [5, 5.41) is 0. The molecule has 2 aliphatic rings. The summed E-state index contributed by atoms with van der Waals surface area (Å²) in [5.74, 6) is -0.928. The van der Waals surface area contributed by atoms with Crippen LogP contribution in [-0.4, -0.2) is 48.4 Å². The number of piperidine rings is 1. The molecule has 0 aromatic heterocycles. The van der Waals surface area contributed by atoms with Gasteiger partial charge in [0.15, 0.2) is 0 Å². The lowest BCUT2D eigenvalue weighted by molar-refractivity contribution is -0.137. The van der Waals surface area contributed by atoms with Crippen LogP contribution >= 0.6 is 0 Å². The first-order chi connectivity index (χ1) is 14.8. The van der Waals surface area contributed by atoms with Crippen LogP contribution in [0.3, 0.4) is 0 Å². The van der Waals surface area contributed by atoms with Crippen molar-refractivity contribution in [3.05, 3.63) is 71.0 Å². The van der Waals surface area contributed by atoms with E-state index in [1.165, 1.54) is 36.8 Å². The molecule has 166 valence electrons. The molecule has 2 heterocycles. The molecule has 0 aliphatic carbocycles. The molecule has 4 rings (SSSR count). The van der Waals surface area contributed by atoms with E-state index in [1.54, 1.807) is 17.0 Å². The largest absolute Gasteiger partial charge is 0.416 e. The highest BCUT2D eigenvalue weighted by Gasteiger charge is 2.39. The van der Waals surface area contributed by atoms with Gasteiger partial charge in [0.2, 0.25) is 0 Å². The van der Waals surface area contributed by atoms with Gasteiger partial charge in [-0.2, -0.15) is 13.2 Å². The fraction of sp³-hybridized carbons (Fsp3) is 0.458. The first-order valence-corrected chi connectivity index (χ1v) is 10.8. The third kappa shape index (κ3) is 5.09. The Bertz CT molecular complexity index is 924. The highest BCUT2D eigenvalue weighted by molar-refractivity contribution is 5.94. The minimum Gasteiger partial charge on any atom is -0.338 e. The van der Waals surface area contributed by atoms with E-state index < -0.39 is 17.6 Å². The van der Waals surface area contributed by atoms with Crippen molar-refractivity contribution in [1.82, 2.24) is 9.80 Å². The van der Waals surface area contributed by atoms with Crippen LogP contribution in [0.2, 0.25) is 0 Å². The summed E-state index contributed by atoms with van der Waals surface area (Å²) in [5.41, 5.74) is 0.199. The van der Waals surface area contributed by atoms with E-state index in [4.69, 9.17) is 0 Å². The van der Waals surface area contributed by atoms with Gasteiger partial charge in [0.05, 0.1) is 5.56 Å². The van der Waals surface area contributed by atoms with Crippen LogP contribution in [0.25, 0.3) is 0 Å². The fourth-order valence-electron chi connectivity index (χ4n) is 4.82. The van der Waals surface area contributed by atoms with Crippen LogP contribution < -0.4 is 0 Å². The molecule has 31 heavy (non-hydrogen) atoms. The van der Waals surface area contributed by atoms with Crippen LogP contribution in [0.15, 0.2) is 48.5 Å². The van der Waals surface area contributed by atoms with Gasteiger partial charge in [0, 0.05) is 31.1 Å². The van der Waals surface area contributed by atoms with Crippen LogP contribution in [0.1, 0.15) is 46.7 Å². The highest BCUT2D eigenvalue weighted by atomic mass is 19.4. The van der Waals surface area contributed by atoms with Gasteiger partial charge < -0.3 is 9.80 Å². The monoisotopic (exact) mass is 434 g/mol. The highest BCUT2D eigenvalue weighted by Crippen LogP contribution is 2.37. The van der Waals surface area contributed by atoms with E-state index in [0.29, 0.717) is 18.7 Å². The van der Waals surface area contributed by atoms with Crippen LogP contribution in [0.5, 0.6) is 0 Å². The quantitative estimate of drug-likeness (QED) is 0.619. The smallest absolute Gasteiger partial charge is 0.338 e. The maximum absolute atomic E-state index is 13.6. The number of alkyl halides is 3. The molecule has 0 radical (unpaired) electrons. The minimum atomic E-state index is -4.41. The molecular weight excluding hydrogens is 408 g/mol. The second-order valence-corrected chi connectivity index (χ2v) is 8.57. The number of hydrogen-bond donors (Lipinski definition) is 0. The Morgan fingerprint density at radius 3 is 2.42 bits per heavy atom. The van der Waals surface area contributed by atoms with Crippen molar-refractivity contribution in [2.45, 2.75) is 31.4 Å². The van der Waals surface area contributed by atoms with Crippen molar-refractivity contribution >= 4 is 5.91 Å². The standard InChI is InChI=1S/C24H26F4N2O/c25-21-9-5-7-18(13-21)23(31)30-15-19(14-29-10-2-1-3-11-29)22(16-30)17-6-4-8-20(12-17)24(26,27)28/h4-9,12-13,19,22H,1-3,10-11,14-16H2. The molecule has 2 aromatic carbocycles. The maximum Gasteiger partial charge on any atom is 0.416 e. The van der Waals surface area contributed by atoms with Crippen molar-refractivity contribution in [3.63, 3.8) is 0 Å². The summed E-state index contributed by atoms with van der Waals surface area (Å²) in [6.45, 7) is 3.48. The zero-order valence-corrected chi connectivity index (χ0v) is 17.2. The summed E-state index contributed by atoms with van der Waals surface area (Å²) in [6, 6.07) is 11.0.